The molecule has 1 aliphatic rings. The van der Waals surface area contributed by atoms with E-state index in [1.807, 2.05) is 0 Å². The molecule has 6 nitrogen and oxygen atoms in total. The smallest absolute Gasteiger partial charge is 0.318 e. The largest absolute Gasteiger partial charge is 0.378 e. The summed E-state index contributed by atoms with van der Waals surface area (Å²) in [5, 5.41) is 5.83. The number of urea groups is 1. The zero-order valence-electron chi connectivity index (χ0n) is 14.5. The number of nitrogens with zero attached hydrogens (tertiary/aromatic N) is 1. The fourth-order valence-electron chi connectivity index (χ4n) is 2.42. The molecule has 2 atom stereocenters. The first-order valence-electron chi connectivity index (χ1n) is 8.24. The van der Waals surface area contributed by atoms with E-state index in [0.717, 1.165) is 6.42 Å². The maximum absolute atomic E-state index is 12.3. The predicted octanol–water partition coefficient (Wildman–Crippen LogP) is 1.24. The van der Waals surface area contributed by atoms with E-state index in [1.165, 1.54) is 0 Å². The van der Waals surface area contributed by atoms with Crippen molar-refractivity contribution in [1.29, 1.82) is 0 Å². The molecule has 0 spiro atoms. The third kappa shape index (κ3) is 6.26. The van der Waals surface area contributed by atoms with Gasteiger partial charge in [0.15, 0.2) is 6.71 Å². The van der Waals surface area contributed by atoms with Gasteiger partial charge in [0.1, 0.15) is 6.04 Å². The second kappa shape index (κ2) is 9.03. The van der Waals surface area contributed by atoms with Gasteiger partial charge >= 0.3 is 6.03 Å². The number of amides is 3. The molecule has 0 radical (unpaired) electrons. The van der Waals surface area contributed by atoms with E-state index in [2.05, 4.69) is 38.1 Å². The van der Waals surface area contributed by atoms with Gasteiger partial charge < -0.3 is 20.3 Å². The van der Waals surface area contributed by atoms with Crippen LogP contribution in [-0.2, 0) is 9.53 Å². The van der Waals surface area contributed by atoms with Crippen molar-refractivity contribution in [3.63, 3.8) is 0 Å². The van der Waals surface area contributed by atoms with Crippen molar-refractivity contribution >= 4 is 18.7 Å². The molecule has 0 aliphatic carbocycles. The Morgan fingerprint density at radius 1 is 1.14 bits per heavy atom. The molecule has 0 unspecified atom stereocenters. The molecule has 0 saturated carbocycles. The average molecular weight is 311 g/mol. The summed E-state index contributed by atoms with van der Waals surface area (Å²) in [4.78, 5) is 26.1. The van der Waals surface area contributed by atoms with Gasteiger partial charge in [-0.2, -0.15) is 0 Å². The highest BCUT2D eigenvalue weighted by atomic mass is 16.5. The molecule has 0 bridgehead atoms. The Morgan fingerprint density at radius 3 is 2.23 bits per heavy atom. The van der Waals surface area contributed by atoms with E-state index in [9.17, 15) is 9.59 Å². The summed E-state index contributed by atoms with van der Waals surface area (Å²) in [5.74, 6) is 0.530. The third-order valence-electron chi connectivity index (χ3n) is 3.89. The van der Waals surface area contributed by atoms with Gasteiger partial charge in [0, 0.05) is 19.0 Å². The molecule has 1 heterocycles. The second-order valence-electron chi connectivity index (χ2n) is 6.76. The molecule has 1 saturated heterocycles. The van der Waals surface area contributed by atoms with Gasteiger partial charge in [0.05, 0.1) is 13.2 Å². The number of rotatable bonds is 6. The molecule has 22 heavy (non-hydrogen) atoms. The lowest BCUT2D eigenvalue weighted by Gasteiger charge is -2.29. The molecule has 1 rings (SSSR count). The van der Waals surface area contributed by atoms with Crippen LogP contribution in [0.1, 0.15) is 27.2 Å². The summed E-state index contributed by atoms with van der Waals surface area (Å²) < 4.78 is 5.22. The Labute approximate surface area is 134 Å². The molecule has 7 heteroatoms. The molecular weight excluding hydrogens is 281 g/mol. The zero-order chi connectivity index (χ0) is 16.7. The van der Waals surface area contributed by atoms with E-state index in [0.29, 0.717) is 38.9 Å². The van der Waals surface area contributed by atoms with Crippen LogP contribution in [0.15, 0.2) is 0 Å². The standard InChI is InChI=1S/C15H30BN3O3/c1-11(2)10-13(16(4)5)18-14(20)12(3)17-15(21)19-6-8-22-9-7-19/h11-13H,6-10H2,1-5H3,(H,17,21)(H,18,20)/t12-,13-/m0/s1. The van der Waals surface area contributed by atoms with E-state index >= 15 is 0 Å². The van der Waals surface area contributed by atoms with E-state index in [1.54, 1.807) is 11.8 Å². The topological polar surface area (TPSA) is 70.7 Å². The highest BCUT2D eigenvalue weighted by molar-refractivity contribution is 6.57. The quantitative estimate of drug-likeness (QED) is 0.725. The van der Waals surface area contributed by atoms with Crippen molar-refractivity contribution in [3.05, 3.63) is 0 Å². The summed E-state index contributed by atoms with van der Waals surface area (Å²) in [6, 6.07) is -0.736. The van der Waals surface area contributed by atoms with Gasteiger partial charge in [-0.25, -0.2) is 4.79 Å². The number of ether oxygens (including phenoxy) is 1. The molecule has 2 N–H and O–H groups in total. The van der Waals surface area contributed by atoms with E-state index in [-0.39, 0.29) is 17.9 Å². The Kier molecular flexibility index (Phi) is 7.72. The monoisotopic (exact) mass is 311 g/mol. The average Bonchev–Trinajstić information content (AvgIpc) is 2.46. The maximum atomic E-state index is 12.3. The van der Waals surface area contributed by atoms with Crippen molar-refractivity contribution in [3.8, 4) is 0 Å². The summed E-state index contributed by atoms with van der Waals surface area (Å²) in [6.07, 6.45) is 0.938. The first-order chi connectivity index (χ1) is 10.3. The molecule has 126 valence electrons. The van der Waals surface area contributed by atoms with E-state index in [4.69, 9.17) is 4.74 Å². The highest BCUT2D eigenvalue weighted by Crippen LogP contribution is 2.08. The Bertz CT molecular complexity index is 371. The molecule has 3 amide bonds. The number of hydrogen-bond donors (Lipinski definition) is 2. The fraction of sp³-hybridized carbons (Fsp3) is 0.867. The maximum Gasteiger partial charge on any atom is 0.318 e. The first-order valence-corrected chi connectivity index (χ1v) is 8.24. The third-order valence-corrected chi connectivity index (χ3v) is 3.89. The molecule has 0 aromatic heterocycles. The van der Waals surface area contributed by atoms with Crippen molar-refractivity contribution in [2.75, 3.05) is 26.3 Å². The Morgan fingerprint density at radius 2 is 1.73 bits per heavy atom. The van der Waals surface area contributed by atoms with Crippen LogP contribution >= 0.6 is 0 Å². The second-order valence-corrected chi connectivity index (χ2v) is 6.76. The van der Waals surface area contributed by atoms with Crippen LogP contribution in [0.25, 0.3) is 0 Å². The highest BCUT2D eigenvalue weighted by Gasteiger charge is 2.25. The summed E-state index contributed by atoms with van der Waals surface area (Å²) in [6.45, 7) is 12.8. The van der Waals surface area contributed by atoms with Crippen LogP contribution in [0, 0.1) is 5.92 Å². The minimum Gasteiger partial charge on any atom is -0.378 e. The van der Waals surface area contributed by atoms with Gasteiger partial charge in [-0.1, -0.05) is 27.5 Å². The van der Waals surface area contributed by atoms with Gasteiger partial charge in [0.25, 0.3) is 0 Å². The fourth-order valence-corrected chi connectivity index (χ4v) is 2.42. The number of nitrogens with one attached hydrogen (secondary N) is 2. The van der Waals surface area contributed by atoms with Gasteiger partial charge in [-0.15, -0.1) is 0 Å². The van der Waals surface area contributed by atoms with Crippen molar-refractivity contribution in [2.24, 2.45) is 5.92 Å². The summed E-state index contributed by atoms with van der Waals surface area (Å²) in [7, 11) is 0. The minimum absolute atomic E-state index is 0.124. The molecule has 0 aromatic rings. The molecular formula is C15H30BN3O3. The normalized spacial score (nSPS) is 17.8. The SMILES string of the molecule is CB(C)[C@H](CC(C)C)NC(=O)[C@H](C)NC(=O)N1CCOCC1. The molecule has 0 aromatic carbocycles. The van der Waals surface area contributed by atoms with Crippen LogP contribution in [-0.4, -0.2) is 61.8 Å². The lowest BCUT2D eigenvalue weighted by molar-refractivity contribution is -0.122. The van der Waals surface area contributed by atoms with Crippen LogP contribution in [0.2, 0.25) is 13.6 Å². The van der Waals surface area contributed by atoms with Crippen LogP contribution in [0.3, 0.4) is 0 Å². The number of hydrogen-bond acceptors (Lipinski definition) is 3. The first kappa shape index (κ1) is 18.8. The van der Waals surface area contributed by atoms with Gasteiger partial charge in [-0.3, -0.25) is 4.79 Å². The Hall–Kier alpha value is -1.24. The van der Waals surface area contributed by atoms with Crippen LogP contribution in [0.5, 0.6) is 0 Å². The molecule has 1 aliphatic heterocycles. The number of carbonyl (C=O) groups is 2. The number of carbonyl (C=O) groups excluding carboxylic acids is 2. The lowest BCUT2D eigenvalue weighted by Crippen LogP contribution is -2.55. The molecule has 1 fully saturated rings. The summed E-state index contributed by atoms with van der Waals surface area (Å²) in [5.41, 5.74) is 0. The number of morpholine rings is 1. The van der Waals surface area contributed by atoms with Crippen molar-refractivity contribution in [1.82, 2.24) is 15.5 Å². The van der Waals surface area contributed by atoms with Gasteiger partial charge in [-0.05, 0) is 19.3 Å². The lowest BCUT2D eigenvalue weighted by atomic mass is 9.47. The predicted molar refractivity (Wildman–Crippen MR) is 89.3 cm³/mol. The zero-order valence-corrected chi connectivity index (χ0v) is 14.5. The van der Waals surface area contributed by atoms with E-state index < -0.39 is 6.04 Å². The summed E-state index contributed by atoms with van der Waals surface area (Å²) >= 11 is 0. The Balaban J connectivity index is 2.47. The van der Waals surface area contributed by atoms with Crippen LogP contribution < -0.4 is 10.6 Å². The van der Waals surface area contributed by atoms with Gasteiger partial charge in [0.2, 0.25) is 5.91 Å². The van der Waals surface area contributed by atoms with Crippen molar-refractivity contribution in [2.45, 2.75) is 52.8 Å². The van der Waals surface area contributed by atoms with Crippen LogP contribution in [0.4, 0.5) is 4.79 Å². The van der Waals surface area contributed by atoms with Crippen molar-refractivity contribution < 1.29 is 14.3 Å². The minimum atomic E-state index is -0.538.